The minimum Gasteiger partial charge on any atom is -0.491 e. The smallest absolute Gasteiger partial charge is 0.491 e. The van der Waals surface area contributed by atoms with Crippen molar-refractivity contribution in [2.24, 2.45) is 0 Å². The molecule has 0 aliphatic rings. The van der Waals surface area contributed by atoms with Gasteiger partial charge >= 0.3 is 6.36 Å². The van der Waals surface area contributed by atoms with Crippen LogP contribution in [0.2, 0.25) is 5.15 Å². The zero-order chi connectivity index (χ0) is 18.6. The molecule has 26 heavy (non-hydrogen) atoms. The molecule has 0 saturated carbocycles. The molecule has 0 fully saturated rings. The standard InChI is InChI=1S/C17H13ClF3N3O2/c18-15-4-1-12(10-23-15)24-16-14-3-2-13(9-11(14)5-6-22-16)25-7-8-26-17(19,20)21/h1-6,9-10H,7-8H2,(H,22,24). The first-order chi connectivity index (χ1) is 12.4. The van der Waals surface area contributed by atoms with Crippen molar-refractivity contribution >= 4 is 33.9 Å². The number of halogens is 4. The summed E-state index contributed by atoms with van der Waals surface area (Å²) in [5, 5.41) is 5.17. The van der Waals surface area contributed by atoms with E-state index >= 15 is 0 Å². The molecule has 3 rings (SSSR count). The molecule has 0 aliphatic heterocycles. The van der Waals surface area contributed by atoms with E-state index in [-0.39, 0.29) is 6.61 Å². The van der Waals surface area contributed by atoms with Crippen molar-refractivity contribution in [3.8, 4) is 5.75 Å². The Morgan fingerprint density at radius 1 is 1.04 bits per heavy atom. The monoisotopic (exact) mass is 383 g/mol. The second-order valence-corrected chi connectivity index (χ2v) is 5.57. The maximum absolute atomic E-state index is 11.9. The van der Waals surface area contributed by atoms with Gasteiger partial charge in [0.15, 0.2) is 0 Å². The summed E-state index contributed by atoms with van der Waals surface area (Å²) in [6, 6.07) is 10.4. The third kappa shape index (κ3) is 4.96. The topological polar surface area (TPSA) is 56.3 Å². The Kier molecular flexibility index (Phi) is 5.43. The van der Waals surface area contributed by atoms with Crippen LogP contribution in [0.15, 0.2) is 48.8 Å². The summed E-state index contributed by atoms with van der Waals surface area (Å²) in [5.41, 5.74) is 0.721. The van der Waals surface area contributed by atoms with Crippen LogP contribution < -0.4 is 10.1 Å². The first kappa shape index (κ1) is 18.2. The van der Waals surface area contributed by atoms with Gasteiger partial charge in [-0.25, -0.2) is 9.97 Å². The predicted octanol–water partition coefficient (Wildman–Crippen LogP) is 4.94. The number of ether oxygens (including phenoxy) is 2. The molecule has 1 aromatic carbocycles. The van der Waals surface area contributed by atoms with E-state index in [0.717, 1.165) is 16.5 Å². The van der Waals surface area contributed by atoms with E-state index < -0.39 is 13.0 Å². The molecule has 2 heterocycles. The molecule has 2 aromatic heterocycles. The number of hydrogen-bond donors (Lipinski definition) is 1. The van der Waals surface area contributed by atoms with Gasteiger partial charge in [-0.1, -0.05) is 11.6 Å². The van der Waals surface area contributed by atoms with Crippen LogP contribution in [-0.2, 0) is 4.74 Å². The fourth-order valence-electron chi connectivity index (χ4n) is 2.25. The molecule has 3 aromatic rings. The molecular formula is C17H13ClF3N3O2. The Labute approximate surface area is 151 Å². The Morgan fingerprint density at radius 2 is 1.88 bits per heavy atom. The van der Waals surface area contributed by atoms with Crippen molar-refractivity contribution in [2.45, 2.75) is 6.36 Å². The van der Waals surface area contributed by atoms with E-state index in [1.807, 2.05) is 0 Å². The average Bonchev–Trinajstić information content (AvgIpc) is 2.60. The number of nitrogens with one attached hydrogen (secondary N) is 1. The average molecular weight is 384 g/mol. The molecule has 9 heteroatoms. The number of nitrogens with zero attached hydrogens (tertiary/aromatic N) is 2. The second-order valence-electron chi connectivity index (χ2n) is 5.18. The molecule has 5 nitrogen and oxygen atoms in total. The number of hydrogen-bond acceptors (Lipinski definition) is 5. The number of pyridine rings is 2. The van der Waals surface area contributed by atoms with E-state index in [1.54, 1.807) is 48.8 Å². The normalized spacial score (nSPS) is 11.5. The largest absolute Gasteiger partial charge is 0.522 e. The van der Waals surface area contributed by atoms with Gasteiger partial charge in [0.2, 0.25) is 0 Å². The van der Waals surface area contributed by atoms with Gasteiger partial charge in [-0.2, -0.15) is 0 Å². The van der Waals surface area contributed by atoms with Gasteiger partial charge in [0.05, 0.1) is 18.5 Å². The maximum atomic E-state index is 11.9. The highest BCUT2D eigenvalue weighted by molar-refractivity contribution is 6.29. The lowest BCUT2D eigenvalue weighted by molar-refractivity contribution is -0.325. The second kappa shape index (κ2) is 7.76. The highest BCUT2D eigenvalue weighted by Gasteiger charge is 2.28. The quantitative estimate of drug-likeness (QED) is 0.482. The van der Waals surface area contributed by atoms with Gasteiger partial charge < -0.3 is 10.1 Å². The van der Waals surface area contributed by atoms with Gasteiger partial charge in [0.25, 0.3) is 0 Å². The molecule has 0 unspecified atom stereocenters. The van der Waals surface area contributed by atoms with Crippen molar-refractivity contribution in [3.05, 3.63) is 53.9 Å². The van der Waals surface area contributed by atoms with Crippen LogP contribution >= 0.6 is 11.6 Å². The van der Waals surface area contributed by atoms with Crippen LogP contribution in [0.1, 0.15) is 0 Å². The molecule has 136 valence electrons. The minimum atomic E-state index is -4.66. The van der Waals surface area contributed by atoms with E-state index in [1.165, 1.54) is 0 Å². The van der Waals surface area contributed by atoms with Gasteiger partial charge in [-0.05, 0) is 41.8 Å². The van der Waals surface area contributed by atoms with E-state index in [2.05, 4.69) is 20.0 Å². The first-order valence-corrected chi connectivity index (χ1v) is 7.89. The zero-order valence-corrected chi connectivity index (χ0v) is 14.0. The van der Waals surface area contributed by atoms with Crippen molar-refractivity contribution in [1.29, 1.82) is 0 Å². The van der Waals surface area contributed by atoms with Crippen molar-refractivity contribution in [2.75, 3.05) is 18.5 Å². The van der Waals surface area contributed by atoms with Crippen molar-refractivity contribution < 1.29 is 22.6 Å². The molecule has 0 atom stereocenters. The summed E-state index contributed by atoms with van der Waals surface area (Å²) >= 11 is 5.76. The summed E-state index contributed by atoms with van der Waals surface area (Å²) in [6.07, 6.45) is -1.46. The lowest BCUT2D eigenvalue weighted by Crippen LogP contribution is -2.18. The van der Waals surface area contributed by atoms with Crippen LogP contribution in [0, 0.1) is 0 Å². The number of rotatable bonds is 6. The molecular weight excluding hydrogens is 371 g/mol. The number of benzene rings is 1. The lowest BCUT2D eigenvalue weighted by Gasteiger charge is -2.11. The third-order valence-corrected chi connectivity index (χ3v) is 3.57. The zero-order valence-electron chi connectivity index (χ0n) is 13.3. The summed E-state index contributed by atoms with van der Waals surface area (Å²) in [6.45, 7) is -0.786. The van der Waals surface area contributed by atoms with Crippen molar-refractivity contribution in [1.82, 2.24) is 9.97 Å². The van der Waals surface area contributed by atoms with E-state index in [0.29, 0.717) is 16.7 Å². The summed E-state index contributed by atoms with van der Waals surface area (Å²) in [4.78, 5) is 8.29. The van der Waals surface area contributed by atoms with Crippen LogP contribution in [-0.4, -0.2) is 29.5 Å². The molecule has 0 aliphatic carbocycles. The van der Waals surface area contributed by atoms with E-state index in [4.69, 9.17) is 16.3 Å². The van der Waals surface area contributed by atoms with Crippen LogP contribution in [0.25, 0.3) is 10.8 Å². The first-order valence-electron chi connectivity index (χ1n) is 7.51. The molecule has 0 spiro atoms. The summed E-state index contributed by atoms with van der Waals surface area (Å²) in [7, 11) is 0. The lowest BCUT2D eigenvalue weighted by atomic mass is 10.1. The van der Waals surface area contributed by atoms with Crippen molar-refractivity contribution in [3.63, 3.8) is 0 Å². The van der Waals surface area contributed by atoms with Crippen LogP contribution in [0.3, 0.4) is 0 Å². The van der Waals surface area contributed by atoms with E-state index in [9.17, 15) is 13.2 Å². The maximum Gasteiger partial charge on any atom is 0.522 e. The summed E-state index contributed by atoms with van der Waals surface area (Å²) in [5.74, 6) is 1.05. The number of alkyl halides is 3. The summed E-state index contributed by atoms with van der Waals surface area (Å²) < 4.78 is 44.8. The SMILES string of the molecule is FC(F)(F)OCCOc1ccc2c(Nc3ccc(Cl)nc3)nccc2c1. The molecule has 0 bridgehead atoms. The van der Waals surface area contributed by atoms with Crippen LogP contribution in [0.5, 0.6) is 5.75 Å². The minimum absolute atomic E-state index is 0.211. The number of aromatic nitrogens is 2. The predicted molar refractivity (Wildman–Crippen MR) is 91.8 cm³/mol. The van der Waals surface area contributed by atoms with Gasteiger partial charge in [0.1, 0.15) is 23.3 Å². The Bertz CT molecular complexity index is 889. The van der Waals surface area contributed by atoms with Gasteiger partial charge in [-0.15, -0.1) is 13.2 Å². The number of anilines is 2. The molecule has 0 radical (unpaired) electrons. The molecule has 0 saturated heterocycles. The van der Waals surface area contributed by atoms with Crippen LogP contribution in [0.4, 0.5) is 24.7 Å². The third-order valence-electron chi connectivity index (χ3n) is 3.34. The Hall–Kier alpha value is -2.58. The van der Waals surface area contributed by atoms with Gasteiger partial charge in [-0.3, -0.25) is 4.74 Å². The highest BCUT2D eigenvalue weighted by Crippen LogP contribution is 2.27. The fraction of sp³-hybridized carbons (Fsp3) is 0.176. The molecule has 0 amide bonds. The fourth-order valence-corrected chi connectivity index (χ4v) is 2.36. The molecule has 1 N–H and O–H groups in total. The van der Waals surface area contributed by atoms with Gasteiger partial charge in [0, 0.05) is 11.6 Å². The number of fused-ring (bicyclic) bond motifs is 1. The Morgan fingerprint density at radius 3 is 2.62 bits per heavy atom. The Balaban J connectivity index is 1.71. The highest BCUT2D eigenvalue weighted by atomic mass is 35.5.